The molecule has 0 amide bonds. The van der Waals surface area contributed by atoms with Crippen LogP contribution in [0.3, 0.4) is 0 Å². The maximum Gasteiger partial charge on any atom is 0.320 e. The van der Waals surface area contributed by atoms with Gasteiger partial charge in [-0.2, -0.15) is 0 Å². The zero-order valence-corrected chi connectivity index (χ0v) is 23.7. The minimum absolute atomic E-state index is 0.340. The number of rotatable bonds is 10. The number of benzene rings is 1. The number of thiazole rings is 1. The summed E-state index contributed by atoms with van der Waals surface area (Å²) >= 11 is 1.86. The van der Waals surface area contributed by atoms with E-state index < -0.39 is 5.97 Å². The number of carbonyl (C=O) groups is 1. The molecule has 206 valence electrons. The molecule has 3 aromatic rings. The number of likely N-dealkylation sites (tertiary alicyclic amines) is 2. The van der Waals surface area contributed by atoms with Crippen molar-refractivity contribution in [1.82, 2.24) is 19.8 Å². The van der Waals surface area contributed by atoms with E-state index in [1.165, 1.54) is 52.3 Å². The van der Waals surface area contributed by atoms with Gasteiger partial charge >= 0.3 is 5.97 Å². The van der Waals surface area contributed by atoms with Gasteiger partial charge in [-0.3, -0.25) is 14.7 Å². The van der Waals surface area contributed by atoms with Gasteiger partial charge in [0.25, 0.3) is 0 Å². The smallest absolute Gasteiger partial charge is 0.320 e. The third-order valence-electron chi connectivity index (χ3n) is 9.05. The van der Waals surface area contributed by atoms with Crippen LogP contribution in [0.5, 0.6) is 0 Å². The summed E-state index contributed by atoms with van der Waals surface area (Å²) in [4.78, 5) is 27.6. The van der Waals surface area contributed by atoms with Crippen LogP contribution in [0.1, 0.15) is 70.5 Å². The fraction of sp³-hybridized carbons (Fsp3) is 0.531. The molecule has 2 saturated heterocycles. The highest BCUT2D eigenvalue weighted by molar-refractivity contribution is 7.11. The van der Waals surface area contributed by atoms with Gasteiger partial charge in [0.15, 0.2) is 0 Å². The molecule has 1 aliphatic carbocycles. The van der Waals surface area contributed by atoms with Crippen molar-refractivity contribution in [3.8, 4) is 0 Å². The van der Waals surface area contributed by atoms with Crippen molar-refractivity contribution >= 4 is 17.3 Å². The number of nitrogens with zero attached hydrogens (tertiary/aromatic N) is 4. The summed E-state index contributed by atoms with van der Waals surface area (Å²) in [5.74, 6) is 1.40. The van der Waals surface area contributed by atoms with Crippen molar-refractivity contribution < 1.29 is 9.90 Å². The summed E-state index contributed by atoms with van der Waals surface area (Å²) in [5.41, 5.74) is 3.87. The van der Waals surface area contributed by atoms with E-state index in [1.807, 2.05) is 29.8 Å². The fourth-order valence-electron chi connectivity index (χ4n) is 6.70. The first-order valence-corrected chi connectivity index (χ1v) is 15.4. The van der Waals surface area contributed by atoms with Gasteiger partial charge in [-0.05, 0) is 74.2 Å². The van der Waals surface area contributed by atoms with Crippen LogP contribution < -0.4 is 0 Å². The SMILES string of the molecule is Cc1cccc([C@H]2CN([C@H](CC3CC3)C(=O)O)C[C@@H]2CN2CCC(c3cnc(Cc4cccnc4)s3)CC2)c1. The highest BCUT2D eigenvalue weighted by Crippen LogP contribution is 2.40. The van der Waals surface area contributed by atoms with E-state index in [0.29, 0.717) is 23.7 Å². The molecule has 1 saturated carbocycles. The summed E-state index contributed by atoms with van der Waals surface area (Å²) in [6.07, 6.45) is 12.2. The predicted molar refractivity (Wildman–Crippen MR) is 155 cm³/mol. The standard InChI is InChI=1S/C32H40N4O2S/c1-22-4-2-6-26(14-22)28-21-36(29(32(37)38)15-23-7-8-23)20-27(28)19-35-12-9-25(10-13-35)30-18-34-31(39-30)16-24-5-3-11-33-17-24/h2-6,11,14,17-18,23,25,27-29H,7-10,12-13,15-16,19-21H2,1H3,(H,37,38)/t27-,28+,29+/m0/s1. The molecule has 7 heteroatoms. The lowest BCUT2D eigenvalue weighted by molar-refractivity contribution is -0.143. The van der Waals surface area contributed by atoms with Gasteiger partial charge in [-0.1, -0.05) is 48.7 Å². The number of aliphatic carboxylic acids is 1. The number of hydrogen-bond donors (Lipinski definition) is 1. The van der Waals surface area contributed by atoms with E-state index in [4.69, 9.17) is 4.98 Å². The van der Waals surface area contributed by atoms with Crippen molar-refractivity contribution in [2.75, 3.05) is 32.7 Å². The number of carboxylic acids is 1. The van der Waals surface area contributed by atoms with Crippen LogP contribution in [0.4, 0.5) is 0 Å². The molecule has 3 fully saturated rings. The topological polar surface area (TPSA) is 69.6 Å². The van der Waals surface area contributed by atoms with Gasteiger partial charge in [0.1, 0.15) is 6.04 Å². The van der Waals surface area contributed by atoms with E-state index in [2.05, 4.69) is 58.2 Å². The number of pyridine rings is 1. The first kappa shape index (κ1) is 26.6. The first-order valence-electron chi connectivity index (χ1n) is 14.6. The Bertz CT molecular complexity index is 1250. The van der Waals surface area contributed by atoms with Gasteiger partial charge in [0.05, 0.1) is 5.01 Å². The number of hydrogen-bond acceptors (Lipinski definition) is 6. The molecule has 0 spiro atoms. The fourth-order valence-corrected chi connectivity index (χ4v) is 7.83. The third kappa shape index (κ3) is 6.59. The predicted octanol–water partition coefficient (Wildman–Crippen LogP) is 5.59. The molecule has 3 atom stereocenters. The zero-order chi connectivity index (χ0) is 26.8. The summed E-state index contributed by atoms with van der Waals surface area (Å²) in [6, 6.07) is 12.7. The molecule has 0 radical (unpaired) electrons. The lowest BCUT2D eigenvalue weighted by Gasteiger charge is -2.34. The van der Waals surface area contributed by atoms with Crippen molar-refractivity contribution in [2.24, 2.45) is 11.8 Å². The third-order valence-corrected chi connectivity index (χ3v) is 10.2. The highest BCUT2D eigenvalue weighted by atomic mass is 32.1. The molecule has 39 heavy (non-hydrogen) atoms. The first-order chi connectivity index (χ1) is 19.0. The summed E-state index contributed by atoms with van der Waals surface area (Å²) in [5, 5.41) is 11.3. The van der Waals surface area contributed by atoms with E-state index in [1.54, 1.807) is 0 Å². The van der Waals surface area contributed by atoms with Gasteiger partial charge in [0.2, 0.25) is 0 Å². The number of aromatic nitrogens is 2. The molecule has 0 unspecified atom stereocenters. The van der Waals surface area contributed by atoms with E-state index in [-0.39, 0.29) is 6.04 Å². The largest absolute Gasteiger partial charge is 0.480 e. The molecule has 2 aliphatic heterocycles. The van der Waals surface area contributed by atoms with Crippen LogP contribution in [0.2, 0.25) is 0 Å². The van der Waals surface area contributed by atoms with Crippen LogP contribution in [-0.2, 0) is 11.2 Å². The Hall–Kier alpha value is -2.61. The Morgan fingerprint density at radius 3 is 2.67 bits per heavy atom. The van der Waals surface area contributed by atoms with Crippen LogP contribution >= 0.6 is 11.3 Å². The normalized spacial score (nSPS) is 23.7. The molecular weight excluding hydrogens is 504 g/mol. The van der Waals surface area contributed by atoms with Crippen molar-refractivity contribution in [1.29, 1.82) is 0 Å². The summed E-state index contributed by atoms with van der Waals surface area (Å²) in [6.45, 7) is 7.14. The average Bonchev–Trinajstić information content (AvgIpc) is 3.49. The Morgan fingerprint density at radius 2 is 1.95 bits per heavy atom. The molecule has 3 aliphatic rings. The van der Waals surface area contributed by atoms with Gasteiger partial charge in [-0.25, -0.2) is 4.98 Å². The van der Waals surface area contributed by atoms with Crippen molar-refractivity contribution in [2.45, 2.75) is 63.3 Å². The second-order valence-electron chi connectivity index (χ2n) is 12.0. The summed E-state index contributed by atoms with van der Waals surface area (Å²) in [7, 11) is 0. The maximum absolute atomic E-state index is 12.3. The minimum Gasteiger partial charge on any atom is -0.480 e. The highest BCUT2D eigenvalue weighted by Gasteiger charge is 2.42. The number of carboxylic acid groups (broad SMARTS) is 1. The second-order valence-corrected chi connectivity index (χ2v) is 13.2. The van der Waals surface area contributed by atoms with Gasteiger partial charge < -0.3 is 10.0 Å². The minimum atomic E-state index is -0.640. The monoisotopic (exact) mass is 544 g/mol. The quantitative estimate of drug-likeness (QED) is 0.359. The van der Waals surface area contributed by atoms with E-state index >= 15 is 0 Å². The van der Waals surface area contributed by atoms with Crippen molar-refractivity contribution in [3.63, 3.8) is 0 Å². The molecule has 1 aromatic carbocycles. The molecule has 4 heterocycles. The average molecular weight is 545 g/mol. The lowest BCUT2D eigenvalue weighted by atomic mass is 9.87. The Morgan fingerprint density at radius 1 is 1.10 bits per heavy atom. The van der Waals surface area contributed by atoms with Crippen LogP contribution in [0.15, 0.2) is 55.0 Å². The second kappa shape index (κ2) is 11.9. The van der Waals surface area contributed by atoms with Crippen LogP contribution in [0, 0.1) is 18.8 Å². The van der Waals surface area contributed by atoms with Gasteiger partial charge in [0, 0.05) is 55.4 Å². The lowest BCUT2D eigenvalue weighted by Crippen LogP contribution is -2.41. The molecule has 2 aromatic heterocycles. The van der Waals surface area contributed by atoms with Gasteiger partial charge in [-0.15, -0.1) is 11.3 Å². The van der Waals surface area contributed by atoms with Crippen LogP contribution in [-0.4, -0.2) is 69.6 Å². The number of piperidine rings is 1. The molecule has 6 rings (SSSR count). The molecular formula is C32H40N4O2S. The molecule has 1 N–H and O–H groups in total. The molecule has 0 bridgehead atoms. The Kier molecular flexibility index (Phi) is 8.09. The molecule has 6 nitrogen and oxygen atoms in total. The number of aryl methyl sites for hydroxylation is 1. The zero-order valence-electron chi connectivity index (χ0n) is 22.9. The van der Waals surface area contributed by atoms with E-state index in [0.717, 1.165) is 45.6 Å². The maximum atomic E-state index is 12.3. The Balaban J connectivity index is 1.09. The summed E-state index contributed by atoms with van der Waals surface area (Å²) < 4.78 is 0. The Labute approximate surface area is 236 Å². The van der Waals surface area contributed by atoms with Crippen LogP contribution in [0.25, 0.3) is 0 Å². The van der Waals surface area contributed by atoms with Crippen molar-refractivity contribution in [3.05, 3.63) is 81.6 Å². The van der Waals surface area contributed by atoms with E-state index in [9.17, 15) is 9.90 Å².